The molecular weight excluding hydrogens is 295 g/mol. The highest BCUT2D eigenvalue weighted by Gasteiger charge is 2.51. The minimum Gasteiger partial charge on any atom is -0.383 e. The minimum atomic E-state index is -0.505. The van der Waals surface area contributed by atoms with Gasteiger partial charge in [-0.3, -0.25) is 4.79 Å². The lowest BCUT2D eigenvalue weighted by atomic mass is 9.95. The van der Waals surface area contributed by atoms with Crippen LogP contribution in [0.25, 0.3) is 0 Å². The van der Waals surface area contributed by atoms with Crippen LogP contribution in [0.5, 0.6) is 0 Å². The van der Waals surface area contributed by atoms with Crippen molar-refractivity contribution < 1.29 is 13.9 Å². The van der Waals surface area contributed by atoms with E-state index < -0.39 is 5.41 Å². The number of carbonyl (C=O) groups excluding carboxylic acids is 1. The number of nitrogens with one attached hydrogen (secondary N) is 2. The van der Waals surface area contributed by atoms with Crippen molar-refractivity contribution in [1.29, 1.82) is 0 Å². The van der Waals surface area contributed by atoms with Gasteiger partial charge in [-0.1, -0.05) is 12.1 Å². The van der Waals surface area contributed by atoms with Gasteiger partial charge in [-0.2, -0.15) is 0 Å². The van der Waals surface area contributed by atoms with Crippen LogP contribution in [0.2, 0.25) is 0 Å². The Kier molecular flexibility index (Phi) is 7.08. The average molecular weight is 317 g/mol. The SMILES string of the molecule is COCCNCCNC(=O)C1(c2cccc(F)c2)CC1.Cl. The van der Waals surface area contributed by atoms with Crippen molar-refractivity contribution in [3.63, 3.8) is 0 Å². The van der Waals surface area contributed by atoms with Crippen molar-refractivity contribution in [3.8, 4) is 0 Å². The van der Waals surface area contributed by atoms with Gasteiger partial charge in [-0.05, 0) is 30.5 Å². The number of hydrogen-bond acceptors (Lipinski definition) is 3. The van der Waals surface area contributed by atoms with Gasteiger partial charge in [0, 0.05) is 26.7 Å². The molecule has 2 N–H and O–H groups in total. The van der Waals surface area contributed by atoms with Gasteiger partial charge in [0.05, 0.1) is 12.0 Å². The van der Waals surface area contributed by atoms with Crippen molar-refractivity contribution in [1.82, 2.24) is 10.6 Å². The van der Waals surface area contributed by atoms with Crippen LogP contribution in [0.3, 0.4) is 0 Å². The van der Waals surface area contributed by atoms with Gasteiger partial charge in [-0.15, -0.1) is 12.4 Å². The Morgan fingerprint density at radius 1 is 1.33 bits per heavy atom. The normalized spacial score (nSPS) is 15.1. The highest BCUT2D eigenvalue weighted by molar-refractivity contribution is 5.91. The second kappa shape index (κ2) is 8.32. The lowest BCUT2D eigenvalue weighted by molar-refractivity contribution is -0.123. The first-order valence-electron chi connectivity index (χ1n) is 6.93. The molecule has 0 unspecified atom stereocenters. The summed E-state index contributed by atoms with van der Waals surface area (Å²) in [6.45, 7) is 2.69. The number of halogens is 2. The lowest BCUT2D eigenvalue weighted by Crippen LogP contribution is -2.39. The summed E-state index contributed by atoms with van der Waals surface area (Å²) >= 11 is 0. The van der Waals surface area contributed by atoms with E-state index in [-0.39, 0.29) is 24.1 Å². The molecule has 0 saturated heterocycles. The second-order valence-electron chi connectivity index (χ2n) is 5.09. The van der Waals surface area contributed by atoms with E-state index in [2.05, 4.69) is 10.6 Å². The highest BCUT2D eigenvalue weighted by Crippen LogP contribution is 2.48. The summed E-state index contributed by atoms with van der Waals surface area (Å²) in [5.41, 5.74) is 0.275. The third kappa shape index (κ3) is 4.66. The number of benzene rings is 1. The number of amides is 1. The fourth-order valence-electron chi connectivity index (χ4n) is 2.29. The molecule has 4 nitrogen and oxygen atoms in total. The Hall–Kier alpha value is -1.17. The van der Waals surface area contributed by atoms with Gasteiger partial charge in [0.1, 0.15) is 5.82 Å². The summed E-state index contributed by atoms with van der Waals surface area (Å²) in [5, 5.41) is 6.08. The molecule has 1 fully saturated rings. The molecule has 2 rings (SSSR count). The summed E-state index contributed by atoms with van der Waals surface area (Å²) in [6, 6.07) is 6.34. The lowest BCUT2D eigenvalue weighted by Gasteiger charge is -2.16. The van der Waals surface area contributed by atoms with Crippen molar-refractivity contribution >= 4 is 18.3 Å². The summed E-state index contributed by atoms with van der Waals surface area (Å²) in [5.74, 6) is -0.292. The highest BCUT2D eigenvalue weighted by atomic mass is 35.5. The summed E-state index contributed by atoms with van der Waals surface area (Å²) in [7, 11) is 1.65. The zero-order chi connectivity index (χ0) is 14.4. The van der Waals surface area contributed by atoms with Gasteiger partial charge in [0.15, 0.2) is 0 Å². The van der Waals surface area contributed by atoms with E-state index in [0.29, 0.717) is 19.7 Å². The fourth-order valence-corrected chi connectivity index (χ4v) is 2.29. The standard InChI is InChI=1S/C15H21FN2O2.ClH/c1-20-10-9-17-7-8-18-14(19)15(5-6-15)12-3-2-4-13(16)11-12;/h2-4,11,17H,5-10H2,1H3,(H,18,19);1H. The number of ether oxygens (including phenoxy) is 1. The Morgan fingerprint density at radius 3 is 2.71 bits per heavy atom. The fraction of sp³-hybridized carbons (Fsp3) is 0.533. The van der Waals surface area contributed by atoms with Crippen LogP contribution in [0.15, 0.2) is 24.3 Å². The first kappa shape index (κ1) is 17.9. The largest absolute Gasteiger partial charge is 0.383 e. The maximum atomic E-state index is 13.3. The third-order valence-corrected chi connectivity index (χ3v) is 3.63. The van der Waals surface area contributed by atoms with Crippen LogP contribution < -0.4 is 10.6 Å². The molecule has 0 spiro atoms. The first-order valence-corrected chi connectivity index (χ1v) is 6.93. The topological polar surface area (TPSA) is 50.4 Å². The molecule has 0 radical (unpaired) electrons. The molecule has 1 aliphatic carbocycles. The average Bonchev–Trinajstić information content (AvgIpc) is 3.24. The second-order valence-corrected chi connectivity index (χ2v) is 5.09. The van der Waals surface area contributed by atoms with Gasteiger partial charge in [0.25, 0.3) is 0 Å². The van der Waals surface area contributed by atoms with Crippen LogP contribution in [-0.2, 0) is 14.9 Å². The van der Waals surface area contributed by atoms with E-state index in [1.54, 1.807) is 13.2 Å². The van der Waals surface area contributed by atoms with E-state index in [1.807, 2.05) is 6.07 Å². The molecule has 0 heterocycles. The molecule has 1 aromatic rings. The molecule has 0 aromatic heterocycles. The van der Waals surface area contributed by atoms with Crippen molar-refractivity contribution in [2.45, 2.75) is 18.3 Å². The number of carbonyl (C=O) groups is 1. The van der Waals surface area contributed by atoms with E-state index in [1.165, 1.54) is 12.1 Å². The molecule has 1 aromatic carbocycles. The van der Waals surface area contributed by atoms with Crippen LogP contribution >= 0.6 is 12.4 Å². The molecule has 21 heavy (non-hydrogen) atoms. The smallest absolute Gasteiger partial charge is 0.230 e. The van der Waals surface area contributed by atoms with Gasteiger partial charge < -0.3 is 15.4 Å². The molecular formula is C15H22ClFN2O2. The van der Waals surface area contributed by atoms with E-state index in [9.17, 15) is 9.18 Å². The van der Waals surface area contributed by atoms with Crippen LogP contribution in [0.4, 0.5) is 4.39 Å². The monoisotopic (exact) mass is 316 g/mol. The molecule has 118 valence electrons. The Bertz CT molecular complexity index is 467. The molecule has 1 aliphatic rings. The van der Waals surface area contributed by atoms with Crippen LogP contribution in [0, 0.1) is 5.82 Å². The molecule has 1 amide bonds. The maximum Gasteiger partial charge on any atom is 0.230 e. The maximum absolute atomic E-state index is 13.3. The predicted octanol–water partition coefficient (Wildman–Crippen LogP) is 1.63. The van der Waals surface area contributed by atoms with Crippen molar-refractivity contribution in [2.24, 2.45) is 0 Å². The van der Waals surface area contributed by atoms with Crippen LogP contribution in [-0.4, -0.2) is 39.3 Å². The predicted molar refractivity (Wildman–Crippen MR) is 82.3 cm³/mol. The third-order valence-electron chi connectivity index (χ3n) is 3.63. The Labute approximate surface area is 130 Å². The number of rotatable bonds is 8. The van der Waals surface area contributed by atoms with Crippen molar-refractivity contribution in [3.05, 3.63) is 35.6 Å². The van der Waals surface area contributed by atoms with E-state index >= 15 is 0 Å². The zero-order valence-corrected chi connectivity index (χ0v) is 13.0. The number of hydrogen-bond donors (Lipinski definition) is 2. The molecule has 1 saturated carbocycles. The first-order chi connectivity index (χ1) is 9.69. The van der Waals surface area contributed by atoms with Crippen molar-refractivity contribution in [2.75, 3.05) is 33.4 Å². The van der Waals surface area contributed by atoms with Crippen LogP contribution in [0.1, 0.15) is 18.4 Å². The summed E-state index contributed by atoms with van der Waals surface area (Å²) in [4.78, 5) is 12.2. The summed E-state index contributed by atoms with van der Waals surface area (Å²) in [6.07, 6.45) is 1.58. The molecule has 0 aliphatic heterocycles. The van der Waals surface area contributed by atoms with Gasteiger partial charge in [-0.25, -0.2) is 4.39 Å². The van der Waals surface area contributed by atoms with E-state index in [0.717, 1.165) is 24.9 Å². The number of methoxy groups -OCH3 is 1. The molecule has 0 atom stereocenters. The Morgan fingerprint density at radius 2 is 2.10 bits per heavy atom. The molecule has 0 bridgehead atoms. The quantitative estimate of drug-likeness (QED) is 0.717. The summed E-state index contributed by atoms with van der Waals surface area (Å²) < 4.78 is 18.2. The van der Waals surface area contributed by atoms with Gasteiger partial charge >= 0.3 is 0 Å². The molecule has 6 heteroatoms. The minimum absolute atomic E-state index is 0. The van der Waals surface area contributed by atoms with Gasteiger partial charge in [0.2, 0.25) is 5.91 Å². The Balaban J connectivity index is 0.00000220. The van der Waals surface area contributed by atoms with E-state index in [4.69, 9.17) is 4.74 Å². The zero-order valence-electron chi connectivity index (χ0n) is 12.2.